The number of Topliss-reactive ketones (excluding diaryl/α,β-unsaturated/α-hetero) is 1. The van der Waals surface area contributed by atoms with E-state index in [1.807, 2.05) is 48.5 Å². The normalized spacial score (nSPS) is 14.9. The highest BCUT2D eigenvalue weighted by atomic mass is 35.5. The molecule has 2 N–H and O–H groups in total. The molecule has 8 heteroatoms. The van der Waals surface area contributed by atoms with Crippen LogP contribution in [-0.2, 0) is 16.1 Å². The van der Waals surface area contributed by atoms with Crippen molar-refractivity contribution in [2.24, 2.45) is 0 Å². The van der Waals surface area contributed by atoms with Gasteiger partial charge in [-0.1, -0.05) is 30.3 Å². The molecule has 2 heterocycles. The Morgan fingerprint density at radius 3 is 2.40 bits per heavy atom. The zero-order valence-corrected chi connectivity index (χ0v) is 20.5. The predicted molar refractivity (Wildman–Crippen MR) is 137 cm³/mol. The standard InChI is InChI=1S/C27H26ClN3O4/c1-17(28)5-14-23-30-20(15-31(23)29)16-34-22-12-6-18(7-13-22)24-25(35-27(2,3)26(24)32)19-8-10-21(33-4)11-9-19/h5-15H,1,16,29H2,2-4H3/b14-5-. The van der Waals surface area contributed by atoms with E-state index in [1.165, 1.54) is 4.68 Å². The van der Waals surface area contributed by atoms with Crippen molar-refractivity contribution in [1.82, 2.24) is 9.66 Å². The number of carbonyl (C=O) groups excluding carboxylic acids is 1. The summed E-state index contributed by atoms with van der Waals surface area (Å²) in [5.41, 5.74) is 1.79. The van der Waals surface area contributed by atoms with Crippen molar-refractivity contribution in [3.05, 3.63) is 95.1 Å². The minimum atomic E-state index is -0.956. The molecule has 0 radical (unpaired) electrons. The molecule has 180 valence electrons. The van der Waals surface area contributed by atoms with Gasteiger partial charge in [0.05, 0.1) is 24.6 Å². The molecule has 0 unspecified atom stereocenters. The number of aromatic nitrogens is 2. The fourth-order valence-corrected chi connectivity index (χ4v) is 3.72. The number of hydrogen-bond donors (Lipinski definition) is 1. The number of benzene rings is 2. The SMILES string of the molecule is C=C(Cl)/C=C\c1nc(COc2ccc(C3=C(c4ccc(OC)cc4)OC(C)(C)C3=O)cc2)cn1N. The van der Waals surface area contributed by atoms with E-state index in [2.05, 4.69) is 11.6 Å². The highest BCUT2D eigenvalue weighted by Gasteiger charge is 2.42. The number of ether oxygens (including phenoxy) is 3. The lowest BCUT2D eigenvalue weighted by molar-refractivity contribution is -0.125. The second kappa shape index (κ2) is 9.72. The maximum absolute atomic E-state index is 13.2. The lowest BCUT2D eigenvalue weighted by Gasteiger charge is -2.17. The van der Waals surface area contributed by atoms with Crippen LogP contribution in [0.2, 0.25) is 0 Å². The molecule has 0 aliphatic carbocycles. The van der Waals surface area contributed by atoms with Gasteiger partial charge in [-0.05, 0) is 68.0 Å². The minimum Gasteiger partial charge on any atom is -0.497 e. The van der Waals surface area contributed by atoms with Gasteiger partial charge in [-0.15, -0.1) is 0 Å². The highest BCUT2D eigenvalue weighted by molar-refractivity contribution is 6.32. The molecule has 1 aliphatic rings. The van der Waals surface area contributed by atoms with Crippen molar-refractivity contribution in [1.29, 1.82) is 0 Å². The van der Waals surface area contributed by atoms with Gasteiger partial charge in [-0.25, -0.2) is 4.98 Å². The molecule has 0 atom stereocenters. The third-order valence-electron chi connectivity index (χ3n) is 5.46. The average Bonchev–Trinajstić information content (AvgIpc) is 3.32. The van der Waals surface area contributed by atoms with Gasteiger partial charge in [0.2, 0.25) is 5.78 Å². The number of nitrogens with two attached hydrogens (primary N) is 1. The summed E-state index contributed by atoms with van der Waals surface area (Å²) in [5.74, 6) is 8.27. The van der Waals surface area contributed by atoms with E-state index >= 15 is 0 Å². The van der Waals surface area contributed by atoms with Gasteiger partial charge in [0.15, 0.2) is 11.4 Å². The lowest BCUT2D eigenvalue weighted by atomic mass is 9.92. The summed E-state index contributed by atoms with van der Waals surface area (Å²) in [6, 6.07) is 14.7. The maximum Gasteiger partial charge on any atom is 0.210 e. The van der Waals surface area contributed by atoms with E-state index in [-0.39, 0.29) is 12.4 Å². The van der Waals surface area contributed by atoms with Gasteiger partial charge in [0.1, 0.15) is 23.9 Å². The van der Waals surface area contributed by atoms with Gasteiger partial charge >= 0.3 is 0 Å². The Morgan fingerprint density at radius 1 is 1.14 bits per heavy atom. The van der Waals surface area contributed by atoms with Gasteiger partial charge < -0.3 is 20.1 Å². The van der Waals surface area contributed by atoms with Crippen LogP contribution < -0.4 is 15.3 Å². The number of nitrogens with zero attached hydrogens (tertiary/aromatic N) is 2. The largest absolute Gasteiger partial charge is 0.497 e. The van der Waals surface area contributed by atoms with Gasteiger partial charge in [-0.3, -0.25) is 9.47 Å². The maximum atomic E-state index is 13.2. The third-order valence-corrected chi connectivity index (χ3v) is 5.59. The Labute approximate surface area is 209 Å². The van der Waals surface area contributed by atoms with Crippen molar-refractivity contribution in [2.45, 2.75) is 26.1 Å². The van der Waals surface area contributed by atoms with Crippen molar-refractivity contribution >= 4 is 34.8 Å². The van der Waals surface area contributed by atoms with Crippen LogP contribution in [0.15, 0.2) is 72.4 Å². The zero-order valence-electron chi connectivity index (χ0n) is 19.7. The Morgan fingerprint density at radius 2 is 1.77 bits per heavy atom. The number of rotatable bonds is 8. The zero-order chi connectivity index (χ0) is 25.2. The first-order valence-corrected chi connectivity index (χ1v) is 11.3. The summed E-state index contributed by atoms with van der Waals surface area (Å²) < 4.78 is 18.6. The number of ketones is 1. The molecule has 0 bridgehead atoms. The first-order valence-electron chi connectivity index (χ1n) is 10.9. The second-order valence-corrected chi connectivity index (χ2v) is 8.95. The van der Waals surface area contributed by atoms with E-state index in [0.29, 0.717) is 33.6 Å². The quantitative estimate of drug-likeness (QED) is 0.344. The molecular formula is C27H26ClN3O4. The summed E-state index contributed by atoms with van der Waals surface area (Å²) in [7, 11) is 1.61. The average molecular weight is 492 g/mol. The number of carbonyl (C=O) groups is 1. The van der Waals surface area contributed by atoms with Crippen molar-refractivity contribution < 1.29 is 19.0 Å². The number of halogens is 1. The number of methoxy groups -OCH3 is 1. The summed E-state index contributed by atoms with van der Waals surface area (Å²) in [6.45, 7) is 7.36. The molecule has 35 heavy (non-hydrogen) atoms. The Balaban J connectivity index is 1.54. The van der Waals surface area contributed by atoms with E-state index in [0.717, 1.165) is 16.9 Å². The van der Waals surface area contributed by atoms with Gasteiger partial charge in [0, 0.05) is 10.6 Å². The fourth-order valence-electron chi connectivity index (χ4n) is 3.66. The molecule has 0 saturated heterocycles. The van der Waals surface area contributed by atoms with Crippen LogP contribution in [0.5, 0.6) is 11.5 Å². The summed E-state index contributed by atoms with van der Waals surface area (Å²) in [6.07, 6.45) is 4.96. The van der Waals surface area contributed by atoms with Gasteiger partial charge in [0.25, 0.3) is 0 Å². The number of allylic oxidation sites excluding steroid dienone is 2. The molecule has 0 spiro atoms. The van der Waals surface area contributed by atoms with Crippen molar-refractivity contribution in [2.75, 3.05) is 13.0 Å². The van der Waals surface area contributed by atoms with E-state index in [4.69, 9.17) is 31.7 Å². The van der Waals surface area contributed by atoms with Crippen LogP contribution in [-0.4, -0.2) is 28.2 Å². The summed E-state index contributed by atoms with van der Waals surface area (Å²) in [5, 5.41) is 0.380. The van der Waals surface area contributed by atoms with Crippen LogP contribution >= 0.6 is 11.6 Å². The molecule has 3 aromatic rings. The Hall–Kier alpha value is -3.97. The molecule has 4 rings (SSSR count). The fraction of sp³-hybridized carbons (Fsp3) is 0.185. The third kappa shape index (κ3) is 5.25. The molecule has 0 fully saturated rings. The first kappa shape index (κ1) is 24.2. The first-order chi connectivity index (χ1) is 16.7. The number of hydrogen-bond acceptors (Lipinski definition) is 6. The molecule has 2 aromatic carbocycles. The second-order valence-electron chi connectivity index (χ2n) is 8.47. The lowest BCUT2D eigenvalue weighted by Crippen LogP contribution is -2.29. The topological polar surface area (TPSA) is 88.6 Å². The van der Waals surface area contributed by atoms with E-state index in [1.54, 1.807) is 39.3 Å². The van der Waals surface area contributed by atoms with E-state index in [9.17, 15) is 4.79 Å². The number of imidazole rings is 1. The van der Waals surface area contributed by atoms with Crippen molar-refractivity contribution in [3.63, 3.8) is 0 Å². The van der Waals surface area contributed by atoms with Crippen LogP contribution in [0.1, 0.15) is 36.5 Å². The molecule has 1 aliphatic heterocycles. The monoisotopic (exact) mass is 491 g/mol. The Bertz CT molecular complexity index is 1320. The van der Waals surface area contributed by atoms with Crippen LogP contribution in [0.3, 0.4) is 0 Å². The minimum absolute atomic E-state index is 0.0781. The number of nitrogen functional groups attached to an aromatic ring is 1. The molecule has 0 saturated carbocycles. The van der Waals surface area contributed by atoms with Crippen LogP contribution in [0.4, 0.5) is 0 Å². The van der Waals surface area contributed by atoms with Crippen LogP contribution in [0.25, 0.3) is 17.4 Å². The summed E-state index contributed by atoms with van der Waals surface area (Å²) >= 11 is 5.75. The van der Waals surface area contributed by atoms with Gasteiger partial charge in [-0.2, -0.15) is 0 Å². The Kier molecular flexibility index (Phi) is 6.71. The molecule has 1 aromatic heterocycles. The predicted octanol–water partition coefficient (Wildman–Crippen LogP) is 5.20. The summed E-state index contributed by atoms with van der Waals surface area (Å²) in [4.78, 5) is 17.6. The van der Waals surface area contributed by atoms with Crippen molar-refractivity contribution in [3.8, 4) is 11.5 Å². The molecular weight excluding hydrogens is 466 g/mol. The molecule has 0 amide bonds. The highest BCUT2D eigenvalue weighted by Crippen LogP contribution is 2.41. The van der Waals surface area contributed by atoms with E-state index < -0.39 is 5.60 Å². The smallest absolute Gasteiger partial charge is 0.210 e. The van der Waals surface area contributed by atoms with Crippen LogP contribution in [0, 0.1) is 0 Å². The molecule has 7 nitrogen and oxygen atoms in total.